The van der Waals surface area contributed by atoms with Crippen LogP contribution in [-0.2, 0) is 0 Å². The van der Waals surface area contributed by atoms with Crippen molar-refractivity contribution in [3.8, 4) is 0 Å². The van der Waals surface area contributed by atoms with E-state index in [4.69, 9.17) is 0 Å². The summed E-state index contributed by atoms with van der Waals surface area (Å²) >= 11 is 3.52. The highest BCUT2D eigenvalue weighted by atomic mass is 79.9. The molecule has 82 valence electrons. The zero-order valence-corrected chi connectivity index (χ0v) is 11.1. The number of hydrogen-bond donors (Lipinski definition) is 1. The third-order valence-corrected chi connectivity index (χ3v) is 2.68. The Hall–Kier alpha value is -0.600. The molecule has 0 aromatic heterocycles. The van der Waals surface area contributed by atoms with Crippen molar-refractivity contribution >= 4 is 22.0 Å². The average Bonchev–Trinajstić information content (AvgIpc) is 2.13. The molecule has 2 heteroatoms. The molecule has 1 aromatic carbocycles. The summed E-state index contributed by atoms with van der Waals surface area (Å²) in [5.41, 5.74) is 1.39. The van der Waals surface area contributed by atoms with Gasteiger partial charge in [-0.15, -0.1) is 0 Å². The van der Waals surface area contributed by atoms with Crippen LogP contribution in [0.25, 0.3) is 6.08 Å². The van der Waals surface area contributed by atoms with Crippen molar-refractivity contribution < 1.29 is 0 Å². The SMILES string of the molecule is CC(C)(C)NCC=Cc1ccccc1Br. The van der Waals surface area contributed by atoms with Crippen LogP contribution >= 0.6 is 15.9 Å². The molecule has 1 aromatic rings. The van der Waals surface area contributed by atoms with Crippen LogP contribution in [0.1, 0.15) is 26.3 Å². The second-order valence-corrected chi connectivity index (χ2v) is 5.41. The quantitative estimate of drug-likeness (QED) is 0.878. The van der Waals surface area contributed by atoms with Crippen LogP contribution in [-0.4, -0.2) is 12.1 Å². The molecule has 0 bridgehead atoms. The highest BCUT2D eigenvalue weighted by Gasteiger charge is 2.05. The molecule has 0 heterocycles. The number of halogens is 1. The molecule has 0 aliphatic rings. The second kappa shape index (κ2) is 5.47. The van der Waals surface area contributed by atoms with Gasteiger partial charge < -0.3 is 5.32 Å². The van der Waals surface area contributed by atoms with Crippen LogP contribution in [0, 0.1) is 0 Å². The summed E-state index contributed by atoms with van der Waals surface area (Å²) in [6, 6.07) is 8.21. The molecule has 0 fully saturated rings. The van der Waals surface area contributed by atoms with Crippen molar-refractivity contribution in [3.63, 3.8) is 0 Å². The maximum atomic E-state index is 3.52. The van der Waals surface area contributed by atoms with Crippen molar-refractivity contribution in [1.29, 1.82) is 0 Å². The normalized spacial score (nSPS) is 12.3. The first-order valence-corrected chi connectivity index (χ1v) is 5.94. The summed E-state index contributed by atoms with van der Waals surface area (Å²) in [6.45, 7) is 7.39. The first-order valence-electron chi connectivity index (χ1n) is 5.15. The molecule has 0 saturated carbocycles. The highest BCUT2D eigenvalue weighted by Crippen LogP contribution is 2.16. The fourth-order valence-electron chi connectivity index (χ4n) is 1.16. The molecule has 0 aliphatic carbocycles. The Morgan fingerprint density at radius 3 is 2.53 bits per heavy atom. The van der Waals surface area contributed by atoms with Crippen molar-refractivity contribution in [3.05, 3.63) is 40.4 Å². The lowest BCUT2D eigenvalue weighted by molar-refractivity contribution is 0.450. The Kier molecular flexibility index (Phi) is 4.55. The standard InChI is InChI=1S/C13H18BrN/c1-13(2,3)15-10-6-8-11-7-4-5-9-12(11)14/h4-9,15H,10H2,1-3H3. The minimum atomic E-state index is 0.179. The third-order valence-electron chi connectivity index (χ3n) is 1.95. The largest absolute Gasteiger partial charge is 0.309 e. The molecular formula is C13H18BrN. The molecule has 1 nitrogen and oxygen atoms in total. The van der Waals surface area contributed by atoms with Crippen LogP contribution in [0.4, 0.5) is 0 Å². The topological polar surface area (TPSA) is 12.0 Å². The zero-order valence-electron chi connectivity index (χ0n) is 9.55. The van der Waals surface area contributed by atoms with Crippen molar-refractivity contribution in [1.82, 2.24) is 5.32 Å². The molecule has 0 spiro atoms. The third kappa shape index (κ3) is 5.14. The Morgan fingerprint density at radius 2 is 1.93 bits per heavy atom. The maximum absolute atomic E-state index is 3.52. The van der Waals surface area contributed by atoms with Gasteiger partial charge in [0.15, 0.2) is 0 Å². The summed E-state index contributed by atoms with van der Waals surface area (Å²) < 4.78 is 1.14. The first-order chi connectivity index (χ1) is 6.99. The van der Waals surface area contributed by atoms with Gasteiger partial charge in [-0.05, 0) is 32.4 Å². The van der Waals surface area contributed by atoms with E-state index in [0.717, 1.165) is 11.0 Å². The molecule has 0 saturated heterocycles. The van der Waals surface area contributed by atoms with Gasteiger partial charge in [-0.1, -0.05) is 46.3 Å². The van der Waals surface area contributed by atoms with Gasteiger partial charge >= 0.3 is 0 Å². The molecule has 0 unspecified atom stereocenters. The van der Waals surface area contributed by atoms with E-state index in [0.29, 0.717) is 0 Å². The minimum Gasteiger partial charge on any atom is -0.309 e. The van der Waals surface area contributed by atoms with Gasteiger partial charge in [-0.2, -0.15) is 0 Å². The number of rotatable bonds is 3. The predicted molar refractivity (Wildman–Crippen MR) is 70.9 cm³/mol. The Labute approximate surface area is 101 Å². The lowest BCUT2D eigenvalue weighted by Gasteiger charge is -2.18. The van der Waals surface area contributed by atoms with E-state index in [2.05, 4.69) is 66.3 Å². The van der Waals surface area contributed by atoms with Gasteiger partial charge in [-0.25, -0.2) is 0 Å². The summed E-state index contributed by atoms with van der Waals surface area (Å²) in [5, 5.41) is 3.41. The predicted octanol–water partition coefficient (Wildman–Crippen LogP) is 3.85. The van der Waals surface area contributed by atoms with Crippen molar-refractivity contribution in [2.45, 2.75) is 26.3 Å². The smallest absolute Gasteiger partial charge is 0.0247 e. The van der Waals surface area contributed by atoms with Crippen LogP contribution in [0.3, 0.4) is 0 Å². The van der Waals surface area contributed by atoms with Crippen LogP contribution in [0.5, 0.6) is 0 Å². The molecule has 0 atom stereocenters. The summed E-state index contributed by atoms with van der Waals surface area (Å²) in [4.78, 5) is 0. The Morgan fingerprint density at radius 1 is 1.27 bits per heavy atom. The van der Waals surface area contributed by atoms with Gasteiger partial charge in [0, 0.05) is 16.6 Å². The monoisotopic (exact) mass is 267 g/mol. The lowest BCUT2D eigenvalue weighted by atomic mass is 10.1. The van der Waals surface area contributed by atoms with Gasteiger partial charge in [0.25, 0.3) is 0 Å². The molecule has 0 aliphatic heterocycles. The Bertz CT molecular complexity index is 337. The number of hydrogen-bond acceptors (Lipinski definition) is 1. The van der Waals surface area contributed by atoms with Crippen LogP contribution < -0.4 is 5.32 Å². The fourth-order valence-corrected chi connectivity index (χ4v) is 1.58. The van der Waals surface area contributed by atoms with Crippen LogP contribution in [0.15, 0.2) is 34.8 Å². The molecular weight excluding hydrogens is 250 g/mol. The summed E-state index contributed by atoms with van der Waals surface area (Å²) in [5.74, 6) is 0. The van der Waals surface area contributed by atoms with E-state index in [-0.39, 0.29) is 5.54 Å². The zero-order chi connectivity index (χ0) is 11.3. The van der Waals surface area contributed by atoms with Gasteiger partial charge in [0.1, 0.15) is 0 Å². The fraction of sp³-hybridized carbons (Fsp3) is 0.385. The van der Waals surface area contributed by atoms with E-state index >= 15 is 0 Å². The first kappa shape index (κ1) is 12.5. The number of benzene rings is 1. The van der Waals surface area contributed by atoms with Crippen LogP contribution in [0.2, 0.25) is 0 Å². The molecule has 1 N–H and O–H groups in total. The van der Waals surface area contributed by atoms with Gasteiger partial charge in [-0.3, -0.25) is 0 Å². The molecule has 0 amide bonds. The van der Waals surface area contributed by atoms with Gasteiger partial charge in [0.2, 0.25) is 0 Å². The maximum Gasteiger partial charge on any atom is 0.0247 e. The van der Waals surface area contributed by atoms with E-state index in [1.54, 1.807) is 0 Å². The van der Waals surface area contributed by atoms with E-state index in [1.807, 2.05) is 12.1 Å². The lowest BCUT2D eigenvalue weighted by Crippen LogP contribution is -2.35. The van der Waals surface area contributed by atoms with Crippen molar-refractivity contribution in [2.75, 3.05) is 6.54 Å². The van der Waals surface area contributed by atoms with E-state index in [9.17, 15) is 0 Å². The highest BCUT2D eigenvalue weighted by molar-refractivity contribution is 9.10. The average molecular weight is 268 g/mol. The van der Waals surface area contributed by atoms with Gasteiger partial charge in [0.05, 0.1) is 0 Å². The van der Waals surface area contributed by atoms with Crippen molar-refractivity contribution in [2.24, 2.45) is 0 Å². The minimum absolute atomic E-state index is 0.179. The molecule has 0 radical (unpaired) electrons. The summed E-state index contributed by atoms with van der Waals surface area (Å²) in [6.07, 6.45) is 4.27. The Balaban J connectivity index is 2.49. The van der Waals surface area contributed by atoms with E-state index in [1.165, 1.54) is 5.56 Å². The van der Waals surface area contributed by atoms with E-state index < -0.39 is 0 Å². The number of nitrogens with one attached hydrogen (secondary N) is 1. The second-order valence-electron chi connectivity index (χ2n) is 4.55. The molecule has 15 heavy (non-hydrogen) atoms. The molecule has 1 rings (SSSR count). The summed E-state index contributed by atoms with van der Waals surface area (Å²) in [7, 11) is 0.